The van der Waals surface area contributed by atoms with Gasteiger partial charge in [0.05, 0.1) is 5.56 Å². The number of sulfonamides is 1. The maximum atomic E-state index is 14.8. The van der Waals surface area contributed by atoms with Crippen molar-refractivity contribution in [3.05, 3.63) is 59.4 Å². The third-order valence-corrected chi connectivity index (χ3v) is 7.14. The first kappa shape index (κ1) is 24.3. The summed E-state index contributed by atoms with van der Waals surface area (Å²) >= 11 is 0.696. The average Bonchev–Trinajstić information content (AvgIpc) is 3.28. The van der Waals surface area contributed by atoms with Gasteiger partial charge in [-0.05, 0) is 42.5 Å². The summed E-state index contributed by atoms with van der Waals surface area (Å²) in [5.41, 5.74) is -0.732. The van der Waals surface area contributed by atoms with Crippen LogP contribution in [-0.4, -0.2) is 31.0 Å². The average molecular weight is 521 g/mol. The largest absolute Gasteiger partial charge is 0.454 e. The predicted molar refractivity (Wildman–Crippen MR) is 111 cm³/mol. The van der Waals surface area contributed by atoms with E-state index in [1.54, 1.807) is 0 Å². The molecule has 1 aliphatic heterocycles. The summed E-state index contributed by atoms with van der Waals surface area (Å²) in [5, 5.41) is -0.147. The van der Waals surface area contributed by atoms with Crippen molar-refractivity contribution >= 4 is 26.7 Å². The zero-order valence-electron chi connectivity index (χ0n) is 17.1. The molecule has 0 bridgehead atoms. The molecule has 0 atom stereocenters. The molecule has 34 heavy (non-hydrogen) atoms. The van der Waals surface area contributed by atoms with Gasteiger partial charge in [0.25, 0.3) is 10.0 Å². The third kappa shape index (κ3) is 5.28. The van der Waals surface area contributed by atoms with Crippen LogP contribution in [0.4, 0.5) is 27.1 Å². The SMILES string of the molecule is O=S(=O)(Nc1ncns1)c1cc(F)c(Oc2ccc(C(F)(F)F)cc2C2CCOCC2)cc1F. The molecule has 0 spiro atoms. The number of hydrogen-bond acceptors (Lipinski definition) is 7. The first-order valence-corrected chi connectivity index (χ1v) is 12.1. The van der Waals surface area contributed by atoms with Crippen molar-refractivity contribution in [2.75, 3.05) is 17.9 Å². The summed E-state index contributed by atoms with van der Waals surface area (Å²) in [5.74, 6) is -3.68. The Balaban J connectivity index is 1.68. The van der Waals surface area contributed by atoms with Crippen molar-refractivity contribution in [2.45, 2.75) is 29.8 Å². The van der Waals surface area contributed by atoms with E-state index in [9.17, 15) is 30.4 Å². The fourth-order valence-electron chi connectivity index (χ4n) is 3.45. The molecule has 4 rings (SSSR count). The van der Waals surface area contributed by atoms with E-state index in [1.807, 2.05) is 4.72 Å². The van der Waals surface area contributed by atoms with Gasteiger partial charge in [0.15, 0.2) is 11.6 Å². The van der Waals surface area contributed by atoms with E-state index in [4.69, 9.17) is 9.47 Å². The van der Waals surface area contributed by atoms with Gasteiger partial charge in [-0.25, -0.2) is 22.2 Å². The highest BCUT2D eigenvalue weighted by Crippen LogP contribution is 2.41. The summed E-state index contributed by atoms with van der Waals surface area (Å²) in [6, 6.07) is 3.68. The first-order chi connectivity index (χ1) is 16.0. The third-order valence-electron chi connectivity index (χ3n) is 5.08. The van der Waals surface area contributed by atoms with Crippen LogP contribution in [-0.2, 0) is 20.9 Å². The molecule has 0 unspecified atom stereocenters. The smallest absolute Gasteiger partial charge is 0.416 e. The zero-order chi connectivity index (χ0) is 24.5. The molecule has 0 radical (unpaired) electrons. The monoisotopic (exact) mass is 521 g/mol. The molecule has 2 aromatic carbocycles. The Kier molecular flexibility index (Phi) is 6.73. The lowest BCUT2D eigenvalue weighted by Crippen LogP contribution is -2.16. The van der Waals surface area contributed by atoms with Crippen molar-refractivity contribution < 1.29 is 39.8 Å². The molecular formula is C20H16F5N3O4S2. The van der Waals surface area contributed by atoms with Crippen LogP contribution in [0.25, 0.3) is 0 Å². The van der Waals surface area contributed by atoms with Crippen LogP contribution in [0.2, 0.25) is 0 Å². The minimum absolute atomic E-state index is 0.0965. The number of hydrogen-bond donors (Lipinski definition) is 1. The van der Waals surface area contributed by atoms with E-state index in [0.29, 0.717) is 49.7 Å². The highest BCUT2D eigenvalue weighted by molar-refractivity contribution is 7.93. The zero-order valence-corrected chi connectivity index (χ0v) is 18.7. The molecule has 182 valence electrons. The summed E-state index contributed by atoms with van der Waals surface area (Å²) in [6.07, 6.45) is -2.69. The molecule has 3 aromatic rings. The molecule has 1 N–H and O–H groups in total. The number of aromatic nitrogens is 2. The Labute approximate surface area is 194 Å². The van der Waals surface area contributed by atoms with Crippen LogP contribution in [0.1, 0.15) is 29.9 Å². The van der Waals surface area contributed by atoms with Crippen LogP contribution in [0.5, 0.6) is 11.5 Å². The molecule has 0 amide bonds. The highest BCUT2D eigenvalue weighted by Gasteiger charge is 2.33. The van der Waals surface area contributed by atoms with Crippen molar-refractivity contribution in [1.29, 1.82) is 0 Å². The van der Waals surface area contributed by atoms with E-state index in [1.165, 1.54) is 0 Å². The number of ether oxygens (including phenoxy) is 2. The molecule has 14 heteroatoms. The molecule has 0 saturated carbocycles. The van der Waals surface area contributed by atoms with Crippen molar-refractivity contribution in [1.82, 2.24) is 9.36 Å². The molecule has 1 fully saturated rings. The maximum Gasteiger partial charge on any atom is 0.416 e. The van der Waals surface area contributed by atoms with E-state index in [0.717, 1.165) is 24.5 Å². The van der Waals surface area contributed by atoms with E-state index in [2.05, 4.69) is 9.36 Å². The van der Waals surface area contributed by atoms with Crippen molar-refractivity contribution in [2.24, 2.45) is 0 Å². The fraction of sp³-hybridized carbons (Fsp3) is 0.300. The van der Waals surface area contributed by atoms with Gasteiger partial charge < -0.3 is 9.47 Å². The summed E-state index contributed by atoms with van der Waals surface area (Å²) in [4.78, 5) is 2.62. The lowest BCUT2D eigenvalue weighted by Gasteiger charge is -2.25. The quantitative estimate of drug-likeness (QED) is 0.442. The lowest BCUT2D eigenvalue weighted by atomic mass is 9.89. The van der Waals surface area contributed by atoms with Crippen LogP contribution in [0, 0.1) is 11.6 Å². The topological polar surface area (TPSA) is 90.4 Å². The van der Waals surface area contributed by atoms with Gasteiger partial charge in [0.1, 0.15) is 22.8 Å². The molecule has 2 heterocycles. The number of rotatable bonds is 6. The van der Waals surface area contributed by atoms with E-state index < -0.39 is 44.0 Å². The molecular weight excluding hydrogens is 505 g/mol. The van der Waals surface area contributed by atoms with Crippen molar-refractivity contribution in [3.63, 3.8) is 0 Å². The minimum Gasteiger partial charge on any atom is -0.454 e. The maximum absolute atomic E-state index is 14.8. The Hall–Kier alpha value is -2.84. The Morgan fingerprint density at radius 3 is 2.44 bits per heavy atom. The minimum atomic E-state index is -4.61. The molecule has 7 nitrogen and oxygen atoms in total. The first-order valence-electron chi connectivity index (χ1n) is 9.80. The van der Waals surface area contributed by atoms with Crippen molar-refractivity contribution in [3.8, 4) is 11.5 Å². The van der Waals surface area contributed by atoms with Gasteiger partial charge in [0.2, 0.25) is 5.13 Å². The Bertz CT molecular complexity index is 1280. The Morgan fingerprint density at radius 1 is 1.06 bits per heavy atom. The lowest BCUT2D eigenvalue weighted by molar-refractivity contribution is -0.137. The van der Waals surface area contributed by atoms with Gasteiger partial charge in [-0.3, -0.25) is 4.72 Å². The standard InChI is InChI=1S/C20H16F5N3O4S2/c21-14-9-18(34(29,30)28-19-26-10-27-33-19)15(22)8-17(14)32-16-2-1-12(20(23,24)25)7-13(16)11-3-5-31-6-4-11/h1-2,7-11H,3-6H2,(H,26,27,28). The van der Waals surface area contributed by atoms with Crippen LogP contribution in [0.3, 0.4) is 0 Å². The number of halogens is 5. The second kappa shape index (κ2) is 9.43. The molecule has 1 aliphatic rings. The van der Waals surface area contributed by atoms with E-state index >= 15 is 0 Å². The fourth-order valence-corrected chi connectivity index (χ4v) is 5.18. The van der Waals surface area contributed by atoms with Crippen LogP contribution >= 0.6 is 11.5 Å². The molecule has 1 saturated heterocycles. The van der Waals surface area contributed by atoms with E-state index in [-0.39, 0.29) is 22.4 Å². The molecule has 1 aromatic heterocycles. The molecule has 0 aliphatic carbocycles. The van der Waals surface area contributed by atoms with Crippen LogP contribution < -0.4 is 9.46 Å². The Morgan fingerprint density at radius 2 is 1.79 bits per heavy atom. The summed E-state index contributed by atoms with van der Waals surface area (Å²) in [7, 11) is -4.52. The van der Waals surface area contributed by atoms with Crippen LogP contribution in [0.15, 0.2) is 41.6 Å². The summed E-state index contributed by atoms with van der Waals surface area (Å²) in [6.45, 7) is 0.662. The van der Waals surface area contributed by atoms with Gasteiger partial charge >= 0.3 is 6.18 Å². The number of alkyl halides is 3. The number of nitrogens with one attached hydrogen (secondary N) is 1. The predicted octanol–water partition coefficient (Wildman–Crippen LogP) is 5.32. The van der Waals surface area contributed by atoms with Gasteiger partial charge in [-0.1, -0.05) is 0 Å². The number of anilines is 1. The summed E-state index contributed by atoms with van der Waals surface area (Å²) < 4.78 is 110. The number of nitrogens with zero attached hydrogens (tertiary/aromatic N) is 2. The van der Waals surface area contributed by atoms with Gasteiger partial charge in [-0.15, -0.1) is 0 Å². The highest BCUT2D eigenvalue weighted by atomic mass is 32.2. The second-order valence-electron chi connectivity index (χ2n) is 7.30. The second-order valence-corrected chi connectivity index (χ2v) is 9.73. The number of benzene rings is 2. The normalized spacial score (nSPS) is 15.3. The van der Waals surface area contributed by atoms with Gasteiger partial charge in [0, 0.05) is 36.9 Å². The van der Waals surface area contributed by atoms with Gasteiger partial charge in [-0.2, -0.15) is 17.5 Å².